The molecule has 144 valence electrons. The van der Waals surface area contributed by atoms with E-state index >= 15 is 0 Å². The van der Waals surface area contributed by atoms with Crippen LogP contribution in [0.4, 0.5) is 13.2 Å². The molecule has 1 amide bonds. The summed E-state index contributed by atoms with van der Waals surface area (Å²) in [6, 6.07) is 2.49. The molecule has 2 unspecified atom stereocenters. The Labute approximate surface area is 152 Å². The summed E-state index contributed by atoms with van der Waals surface area (Å²) in [5, 5.41) is 3.23. The molecule has 9 heteroatoms. The van der Waals surface area contributed by atoms with E-state index in [0.717, 1.165) is 32.0 Å². The molecule has 2 atom stereocenters. The molecule has 27 heavy (non-hydrogen) atoms. The Morgan fingerprint density at radius 2 is 1.96 bits per heavy atom. The lowest BCUT2D eigenvalue weighted by Crippen LogP contribution is -2.62. The molecule has 0 spiro atoms. The predicted octanol–water partition coefficient (Wildman–Crippen LogP) is 2.79. The number of nitrogens with zero attached hydrogens (tertiary/aromatic N) is 2. The van der Waals surface area contributed by atoms with Crippen molar-refractivity contribution in [3.05, 3.63) is 29.8 Å². The van der Waals surface area contributed by atoms with E-state index in [0.29, 0.717) is 5.92 Å². The second kappa shape index (κ2) is 6.33. The Hall–Kier alpha value is -2.42. The maximum Gasteiger partial charge on any atom is 0.458 e. The first-order chi connectivity index (χ1) is 12.7. The molecule has 0 aliphatic carbocycles. The average Bonchev–Trinajstić information content (AvgIpc) is 3.06. The van der Waals surface area contributed by atoms with Crippen LogP contribution in [0.2, 0.25) is 0 Å². The summed E-state index contributed by atoms with van der Waals surface area (Å²) in [7, 11) is 0. The van der Waals surface area contributed by atoms with Gasteiger partial charge in [-0.1, -0.05) is 0 Å². The molecule has 3 aliphatic heterocycles. The van der Waals surface area contributed by atoms with Gasteiger partial charge in [0.25, 0.3) is 5.91 Å². The fourth-order valence-electron chi connectivity index (χ4n) is 4.08. The summed E-state index contributed by atoms with van der Waals surface area (Å²) in [5.74, 6) is -2.87. The summed E-state index contributed by atoms with van der Waals surface area (Å²) in [5.41, 5.74) is 0.0659. The molecule has 2 bridgehead atoms. The Morgan fingerprint density at radius 1 is 1.26 bits per heavy atom. The van der Waals surface area contributed by atoms with E-state index in [1.165, 1.54) is 12.3 Å². The van der Waals surface area contributed by atoms with Gasteiger partial charge in [0.2, 0.25) is 0 Å². The first-order valence-corrected chi connectivity index (χ1v) is 8.80. The molecule has 3 saturated heterocycles. The van der Waals surface area contributed by atoms with Gasteiger partial charge in [-0.2, -0.15) is 13.2 Å². The Bertz CT molecular complexity index is 898. The smallest absolute Gasteiger partial charge is 0.452 e. The van der Waals surface area contributed by atoms with Gasteiger partial charge < -0.3 is 9.73 Å². The van der Waals surface area contributed by atoms with Gasteiger partial charge in [-0.05, 0) is 44.8 Å². The van der Waals surface area contributed by atoms with Gasteiger partial charge in [-0.3, -0.25) is 19.5 Å². The Balaban J connectivity index is 1.55. The van der Waals surface area contributed by atoms with Gasteiger partial charge in [0, 0.05) is 29.7 Å². The molecule has 2 aromatic heterocycles. The van der Waals surface area contributed by atoms with Crippen molar-refractivity contribution in [2.75, 3.05) is 13.1 Å². The number of fused-ring (bicyclic) bond motifs is 4. The van der Waals surface area contributed by atoms with E-state index < -0.39 is 23.6 Å². The minimum Gasteiger partial charge on any atom is -0.452 e. The number of hydrogen-bond acceptors (Lipinski definition) is 5. The maximum absolute atomic E-state index is 12.6. The number of carbonyl (C=O) groups is 2. The van der Waals surface area contributed by atoms with Crippen LogP contribution in [0.25, 0.3) is 11.0 Å². The van der Waals surface area contributed by atoms with Gasteiger partial charge in [-0.25, -0.2) is 0 Å². The van der Waals surface area contributed by atoms with Crippen molar-refractivity contribution in [2.45, 2.75) is 38.0 Å². The minimum absolute atomic E-state index is 0.0106. The number of amides is 1. The molecular formula is C18H18F3N3O3. The molecule has 1 N–H and O–H groups in total. The van der Waals surface area contributed by atoms with Crippen molar-refractivity contribution < 1.29 is 27.2 Å². The maximum atomic E-state index is 12.6. The number of carbonyl (C=O) groups excluding carboxylic acids is 2. The van der Waals surface area contributed by atoms with Crippen LogP contribution in [0.3, 0.4) is 0 Å². The highest BCUT2D eigenvalue weighted by molar-refractivity contribution is 6.02. The van der Waals surface area contributed by atoms with Crippen LogP contribution < -0.4 is 5.32 Å². The Morgan fingerprint density at radius 3 is 2.59 bits per heavy atom. The molecule has 0 saturated carbocycles. The average molecular weight is 381 g/mol. The molecule has 3 fully saturated rings. The largest absolute Gasteiger partial charge is 0.458 e. The van der Waals surface area contributed by atoms with Crippen molar-refractivity contribution in [3.8, 4) is 0 Å². The lowest BCUT2D eigenvalue weighted by molar-refractivity contribution is -0.0898. The van der Waals surface area contributed by atoms with Gasteiger partial charge in [0.05, 0.1) is 0 Å². The monoisotopic (exact) mass is 381 g/mol. The SMILES string of the molecule is CC1C(NC(=O)c2cc3oc(C(=O)C(F)(F)F)cc3cn2)C2CCN1CC2. The van der Waals surface area contributed by atoms with Gasteiger partial charge in [-0.15, -0.1) is 0 Å². The van der Waals surface area contributed by atoms with Crippen molar-refractivity contribution in [2.24, 2.45) is 5.92 Å². The van der Waals surface area contributed by atoms with Crippen LogP contribution >= 0.6 is 0 Å². The third-order valence-corrected chi connectivity index (χ3v) is 5.59. The number of pyridine rings is 1. The summed E-state index contributed by atoms with van der Waals surface area (Å²) >= 11 is 0. The van der Waals surface area contributed by atoms with E-state index in [9.17, 15) is 22.8 Å². The van der Waals surface area contributed by atoms with Crippen LogP contribution in [0.5, 0.6) is 0 Å². The lowest BCUT2D eigenvalue weighted by Gasteiger charge is -2.49. The van der Waals surface area contributed by atoms with E-state index in [1.54, 1.807) is 0 Å². The van der Waals surface area contributed by atoms with Crippen molar-refractivity contribution in [3.63, 3.8) is 0 Å². The number of aromatic nitrogens is 1. The number of hydrogen-bond donors (Lipinski definition) is 1. The minimum atomic E-state index is -5.02. The number of Topliss-reactive ketones (excluding diaryl/α,β-unsaturated/α-hetero) is 1. The van der Waals surface area contributed by atoms with Gasteiger partial charge in [0.1, 0.15) is 11.3 Å². The fourth-order valence-corrected chi connectivity index (χ4v) is 4.08. The standard InChI is InChI=1S/C18H18F3N3O3/c1-9-15(10-2-4-24(9)5-3-10)23-17(26)12-7-13-11(8-22-12)6-14(27-13)16(25)18(19,20)21/h6-10,15H,2-5H2,1H3,(H,23,26). The zero-order valence-electron chi connectivity index (χ0n) is 14.5. The van der Waals surface area contributed by atoms with Crippen LogP contribution in [0, 0.1) is 5.92 Å². The number of rotatable bonds is 3. The topological polar surface area (TPSA) is 75.4 Å². The number of halogens is 3. The normalized spacial score (nSPS) is 27.7. The Kier molecular flexibility index (Phi) is 4.21. The van der Waals surface area contributed by atoms with Gasteiger partial charge >= 0.3 is 12.0 Å². The van der Waals surface area contributed by atoms with Crippen LogP contribution in [0.15, 0.2) is 22.7 Å². The molecule has 0 radical (unpaired) electrons. The zero-order valence-corrected chi connectivity index (χ0v) is 14.5. The third-order valence-electron chi connectivity index (χ3n) is 5.59. The molecule has 5 heterocycles. The van der Waals surface area contributed by atoms with Crippen LogP contribution in [-0.4, -0.2) is 52.9 Å². The number of ketones is 1. The molecule has 2 aromatic rings. The molecular weight excluding hydrogens is 363 g/mol. The first kappa shape index (κ1) is 18.0. The highest BCUT2D eigenvalue weighted by Gasteiger charge is 2.42. The summed E-state index contributed by atoms with van der Waals surface area (Å²) < 4.78 is 42.7. The third kappa shape index (κ3) is 3.20. The van der Waals surface area contributed by atoms with Gasteiger partial charge in [0.15, 0.2) is 5.76 Å². The molecule has 3 aliphatic rings. The number of furan rings is 1. The highest BCUT2D eigenvalue weighted by Crippen LogP contribution is 2.32. The molecule has 0 aromatic carbocycles. The number of alkyl halides is 3. The predicted molar refractivity (Wildman–Crippen MR) is 89.4 cm³/mol. The molecule has 6 nitrogen and oxygen atoms in total. The van der Waals surface area contributed by atoms with E-state index in [2.05, 4.69) is 22.1 Å². The molecule has 5 rings (SSSR count). The van der Waals surface area contributed by atoms with Crippen molar-refractivity contribution >= 4 is 22.7 Å². The number of piperidine rings is 3. The number of nitrogens with one attached hydrogen (secondary N) is 1. The quantitative estimate of drug-likeness (QED) is 0.828. The summed E-state index contributed by atoms with van der Waals surface area (Å²) in [6.07, 6.45) is -1.72. The second-order valence-corrected chi connectivity index (χ2v) is 7.16. The van der Waals surface area contributed by atoms with E-state index in [1.807, 2.05) is 0 Å². The van der Waals surface area contributed by atoms with Crippen molar-refractivity contribution in [1.82, 2.24) is 15.2 Å². The second-order valence-electron chi connectivity index (χ2n) is 7.16. The van der Waals surface area contributed by atoms with Crippen LogP contribution in [-0.2, 0) is 0 Å². The lowest BCUT2D eigenvalue weighted by atomic mass is 9.79. The zero-order chi connectivity index (χ0) is 19.3. The van der Waals surface area contributed by atoms with Crippen molar-refractivity contribution in [1.29, 1.82) is 0 Å². The van der Waals surface area contributed by atoms with E-state index in [4.69, 9.17) is 4.42 Å². The summed E-state index contributed by atoms with van der Waals surface area (Å²) in [4.78, 5) is 30.3. The van der Waals surface area contributed by atoms with E-state index in [-0.39, 0.29) is 28.7 Å². The highest BCUT2D eigenvalue weighted by atomic mass is 19.4. The first-order valence-electron chi connectivity index (χ1n) is 8.80. The summed E-state index contributed by atoms with van der Waals surface area (Å²) in [6.45, 7) is 4.14. The fraction of sp³-hybridized carbons (Fsp3) is 0.500. The van der Waals surface area contributed by atoms with Crippen LogP contribution in [0.1, 0.15) is 40.8 Å².